The number of rotatable bonds is 5. The Hall–Kier alpha value is -1.70. The summed E-state index contributed by atoms with van der Waals surface area (Å²) in [6.07, 6.45) is 4.91. The fourth-order valence-electron chi connectivity index (χ4n) is 2.79. The molecule has 0 saturated carbocycles. The predicted octanol–water partition coefficient (Wildman–Crippen LogP) is 2.25. The number of hydrogen-bond donors (Lipinski definition) is 1. The minimum atomic E-state index is -3.42. The molecule has 1 aromatic heterocycles. The molecule has 1 aliphatic carbocycles. The van der Waals surface area contributed by atoms with E-state index in [0.29, 0.717) is 6.61 Å². The first kappa shape index (κ1) is 16.2. The molecule has 3 rings (SSSR count). The van der Waals surface area contributed by atoms with Gasteiger partial charge in [-0.2, -0.15) is 5.10 Å². The van der Waals surface area contributed by atoms with Crippen LogP contribution in [0.3, 0.4) is 0 Å². The molecule has 1 aromatic carbocycles. The van der Waals surface area contributed by atoms with Crippen LogP contribution in [0.15, 0.2) is 35.4 Å². The van der Waals surface area contributed by atoms with Gasteiger partial charge < -0.3 is 4.74 Å². The van der Waals surface area contributed by atoms with Crippen molar-refractivity contribution in [3.05, 3.63) is 47.3 Å². The summed E-state index contributed by atoms with van der Waals surface area (Å²) in [5, 5.41) is 7.10. The Morgan fingerprint density at radius 3 is 3.00 bits per heavy atom. The van der Waals surface area contributed by atoms with E-state index in [1.54, 1.807) is 18.2 Å². The van der Waals surface area contributed by atoms with E-state index in [2.05, 4.69) is 10.2 Å². The molecule has 0 bridgehead atoms. The van der Waals surface area contributed by atoms with Gasteiger partial charge in [0.05, 0.1) is 29.5 Å². The molecule has 0 amide bonds. The quantitative estimate of drug-likeness (QED) is 0.909. The zero-order chi connectivity index (χ0) is 16.4. The lowest BCUT2D eigenvalue weighted by Crippen LogP contribution is -2.22. The summed E-state index contributed by atoms with van der Waals surface area (Å²) in [5.41, 5.74) is 3.11. The normalized spacial score (nSPS) is 18.1. The molecule has 7 heteroatoms. The largest absolute Gasteiger partial charge is 0.367 e. The minimum Gasteiger partial charge on any atom is -0.367 e. The van der Waals surface area contributed by atoms with Gasteiger partial charge >= 0.3 is 0 Å². The Balaban J connectivity index is 1.73. The standard InChI is InChI=1S/C16H21N3O3S/c1-19(2)23(20,21)14-7-3-5-12(9-14)11-22-15-8-4-6-13-10-17-18-16(13)15/h3,5,7,9-10,15H,4,6,8,11H2,1-2H3,(H,17,18). The Morgan fingerprint density at radius 1 is 1.39 bits per heavy atom. The van der Waals surface area contributed by atoms with Crippen LogP contribution >= 0.6 is 0 Å². The molecule has 2 aromatic rings. The molecular weight excluding hydrogens is 314 g/mol. The second kappa shape index (κ2) is 6.43. The van der Waals surface area contributed by atoms with E-state index in [-0.39, 0.29) is 11.0 Å². The molecule has 124 valence electrons. The van der Waals surface area contributed by atoms with Crippen LogP contribution in [0.1, 0.15) is 35.8 Å². The van der Waals surface area contributed by atoms with Gasteiger partial charge in [-0.15, -0.1) is 0 Å². The van der Waals surface area contributed by atoms with E-state index in [0.717, 1.165) is 30.5 Å². The SMILES string of the molecule is CN(C)S(=O)(=O)c1cccc(COC2CCCc3cn[nH]c32)c1. The monoisotopic (exact) mass is 335 g/mol. The second-order valence-electron chi connectivity index (χ2n) is 5.94. The van der Waals surface area contributed by atoms with Gasteiger partial charge in [-0.3, -0.25) is 5.10 Å². The van der Waals surface area contributed by atoms with Gasteiger partial charge in [-0.1, -0.05) is 12.1 Å². The number of ether oxygens (including phenoxy) is 1. The maximum absolute atomic E-state index is 12.2. The lowest BCUT2D eigenvalue weighted by molar-refractivity contribution is 0.0254. The molecule has 23 heavy (non-hydrogen) atoms. The third-order valence-corrected chi connectivity index (χ3v) is 5.93. The van der Waals surface area contributed by atoms with E-state index >= 15 is 0 Å². The van der Waals surface area contributed by atoms with Crippen molar-refractivity contribution in [2.24, 2.45) is 0 Å². The van der Waals surface area contributed by atoms with Crippen LogP contribution in [-0.2, 0) is 27.8 Å². The van der Waals surface area contributed by atoms with Crippen LogP contribution in [0.4, 0.5) is 0 Å². The summed E-state index contributed by atoms with van der Waals surface area (Å²) < 4.78 is 31.6. The summed E-state index contributed by atoms with van der Waals surface area (Å²) in [6.45, 7) is 0.375. The molecule has 0 spiro atoms. The van der Waals surface area contributed by atoms with Crippen molar-refractivity contribution in [3.63, 3.8) is 0 Å². The second-order valence-corrected chi connectivity index (χ2v) is 8.09. The lowest BCUT2D eigenvalue weighted by Gasteiger charge is -2.22. The molecule has 0 aliphatic heterocycles. The summed E-state index contributed by atoms with van der Waals surface area (Å²) in [5.74, 6) is 0. The highest BCUT2D eigenvalue weighted by Crippen LogP contribution is 2.31. The maximum Gasteiger partial charge on any atom is 0.242 e. The summed E-state index contributed by atoms with van der Waals surface area (Å²) in [4.78, 5) is 0.287. The molecule has 1 unspecified atom stereocenters. The minimum absolute atomic E-state index is 0.00429. The molecule has 1 atom stereocenters. The number of nitrogens with zero attached hydrogens (tertiary/aromatic N) is 2. The number of aryl methyl sites for hydroxylation is 1. The van der Waals surface area contributed by atoms with Crippen molar-refractivity contribution in [1.82, 2.24) is 14.5 Å². The fourth-order valence-corrected chi connectivity index (χ4v) is 3.76. The van der Waals surface area contributed by atoms with Crippen LogP contribution in [0.25, 0.3) is 0 Å². The first-order valence-electron chi connectivity index (χ1n) is 7.63. The zero-order valence-corrected chi connectivity index (χ0v) is 14.1. The van der Waals surface area contributed by atoms with Crippen LogP contribution in [-0.4, -0.2) is 37.0 Å². The van der Waals surface area contributed by atoms with E-state index in [4.69, 9.17) is 4.74 Å². The number of benzene rings is 1. The van der Waals surface area contributed by atoms with Crippen LogP contribution < -0.4 is 0 Å². The number of fused-ring (bicyclic) bond motifs is 1. The summed E-state index contributed by atoms with van der Waals surface area (Å²) >= 11 is 0. The number of aromatic nitrogens is 2. The van der Waals surface area contributed by atoms with Crippen LogP contribution in [0.2, 0.25) is 0 Å². The maximum atomic E-state index is 12.2. The number of sulfonamides is 1. The fraction of sp³-hybridized carbons (Fsp3) is 0.438. The van der Waals surface area contributed by atoms with E-state index < -0.39 is 10.0 Å². The molecular formula is C16H21N3O3S. The highest BCUT2D eigenvalue weighted by Gasteiger charge is 2.23. The first-order valence-corrected chi connectivity index (χ1v) is 9.07. The van der Waals surface area contributed by atoms with Gasteiger partial charge in [-0.25, -0.2) is 12.7 Å². The predicted molar refractivity (Wildman–Crippen MR) is 86.4 cm³/mol. The highest BCUT2D eigenvalue weighted by atomic mass is 32.2. The molecule has 6 nitrogen and oxygen atoms in total. The Kier molecular flexibility index (Phi) is 4.52. The van der Waals surface area contributed by atoms with E-state index in [1.165, 1.54) is 24.0 Å². The van der Waals surface area contributed by atoms with Crippen molar-refractivity contribution >= 4 is 10.0 Å². The van der Waals surface area contributed by atoms with Crippen molar-refractivity contribution in [2.45, 2.75) is 36.9 Å². The smallest absolute Gasteiger partial charge is 0.242 e. The third kappa shape index (κ3) is 3.31. The van der Waals surface area contributed by atoms with Gasteiger partial charge in [0, 0.05) is 14.1 Å². The summed E-state index contributed by atoms with van der Waals surface area (Å²) in [6, 6.07) is 6.90. The van der Waals surface area contributed by atoms with Gasteiger partial charge in [-0.05, 0) is 42.5 Å². The van der Waals surface area contributed by atoms with Crippen molar-refractivity contribution < 1.29 is 13.2 Å². The number of aromatic amines is 1. The molecule has 1 N–H and O–H groups in total. The van der Waals surface area contributed by atoms with Crippen molar-refractivity contribution in [3.8, 4) is 0 Å². The number of nitrogens with one attached hydrogen (secondary N) is 1. The average Bonchev–Trinajstić information content (AvgIpc) is 3.02. The average molecular weight is 335 g/mol. The highest BCUT2D eigenvalue weighted by molar-refractivity contribution is 7.89. The summed E-state index contributed by atoms with van der Waals surface area (Å²) in [7, 11) is -0.365. The molecule has 1 heterocycles. The lowest BCUT2D eigenvalue weighted by atomic mass is 9.96. The van der Waals surface area contributed by atoms with E-state index in [1.807, 2.05) is 12.3 Å². The first-order chi connectivity index (χ1) is 11.0. The van der Waals surface area contributed by atoms with Crippen molar-refractivity contribution in [2.75, 3.05) is 14.1 Å². The van der Waals surface area contributed by atoms with Gasteiger partial charge in [0.25, 0.3) is 0 Å². The van der Waals surface area contributed by atoms with Crippen molar-refractivity contribution in [1.29, 1.82) is 0 Å². The van der Waals surface area contributed by atoms with Gasteiger partial charge in [0.15, 0.2) is 0 Å². The third-order valence-electron chi connectivity index (χ3n) is 4.11. The topological polar surface area (TPSA) is 75.3 Å². The number of hydrogen-bond acceptors (Lipinski definition) is 4. The van der Waals surface area contributed by atoms with Gasteiger partial charge in [0.1, 0.15) is 0 Å². The number of H-pyrrole nitrogens is 1. The molecule has 1 aliphatic rings. The van der Waals surface area contributed by atoms with E-state index in [9.17, 15) is 8.42 Å². The van der Waals surface area contributed by atoms with Crippen LogP contribution in [0.5, 0.6) is 0 Å². The molecule has 0 saturated heterocycles. The van der Waals surface area contributed by atoms with Crippen LogP contribution in [0, 0.1) is 0 Å². The molecule has 0 fully saturated rings. The Bertz CT molecular complexity index is 783. The van der Waals surface area contributed by atoms with Gasteiger partial charge in [0.2, 0.25) is 10.0 Å². The Labute approximate surface area is 136 Å². The molecule has 0 radical (unpaired) electrons. The zero-order valence-electron chi connectivity index (χ0n) is 13.3. The Morgan fingerprint density at radius 2 is 2.22 bits per heavy atom.